The summed E-state index contributed by atoms with van der Waals surface area (Å²) in [5.41, 5.74) is 0. The van der Waals surface area contributed by atoms with Gasteiger partial charge in [0.25, 0.3) is 0 Å². The third-order valence-corrected chi connectivity index (χ3v) is 3.82. The fourth-order valence-electron chi connectivity index (χ4n) is 2.23. The van der Waals surface area contributed by atoms with Crippen molar-refractivity contribution in [2.24, 2.45) is 4.99 Å². The highest BCUT2D eigenvalue weighted by Gasteiger charge is 2.06. The fourth-order valence-corrected chi connectivity index (χ4v) is 2.41. The van der Waals surface area contributed by atoms with Gasteiger partial charge in [-0.3, -0.25) is 4.99 Å². The van der Waals surface area contributed by atoms with Crippen molar-refractivity contribution in [3.05, 3.63) is 29.3 Å². The summed E-state index contributed by atoms with van der Waals surface area (Å²) in [4.78, 5) is 6.50. The molecule has 0 radical (unpaired) electrons. The Morgan fingerprint density at radius 3 is 2.80 bits per heavy atom. The van der Waals surface area contributed by atoms with E-state index in [-0.39, 0.29) is 6.10 Å². The predicted octanol–water partition coefficient (Wildman–Crippen LogP) is 2.24. The number of rotatable bonds is 11. The lowest BCUT2D eigenvalue weighted by atomic mass is 10.3. The number of methoxy groups -OCH3 is 1. The third kappa shape index (κ3) is 10.2. The van der Waals surface area contributed by atoms with Gasteiger partial charge in [0.15, 0.2) is 5.96 Å². The van der Waals surface area contributed by atoms with Gasteiger partial charge >= 0.3 is 0 Å². The Kier molecular flexibility index (Phi) is 11.0. The summed E-state index contributed by atoms with van der Waals surface area (Å²) in [6, 6.07) is 7.41. The van der Waals surface area contributed by atoms with E-state index in [4.69, 9.17) is 21.1 Å². The SMILES string of the molecule is CN=C(NCCN(C)CCCOC)NCC(C)Oc1cccc(Cl)c1. The van der Waals surface area contributed by atoms with E-state index in [1.54, 1.807) is 14.2 Å². The highest BCUT2D eigenvalue weighted by molar-refractivity contribution is 6.30. The molecule has 0 saturated carbocycles. The van der Waals surface area contributed by atoms with E-state index in [0.29, 0.717) is 11.6 Å². The molecule has 0 fully saturated rings. The smallest absolute Gasteiger partial charge is 0.191 e. The van der Waals surface area contributed by atoms with Gasteiger partial charge in [-0.2, -0.15) is 0 Å². The molecule has 0 aliphatic rings. The van der Waals surface area contributed by atoms with Crippen LogP contribution in [0, 0.1) is 0 Å². The molecule has 0 aromatic heterocycles. The van der Waals surface area contributed by atoms with E-state index in [1.165, 1.54) is 0 Å². The number of nitrogens with one attached hydrogen (secondary N) is 2. The fraction of sp³-hybridized carbons (Fsp3) is 0.611. The van der Waals surface area contributed by atoms with Crippen molar-refractivity contribution in [2.75, 3.05) is 54.0 Å². The van der Waals surface area contributed by atoms with Gasteiger partial charge in [-0.1, -0.05) is 17.7 Å². The Hall–Kier alpha value is -1.50. The minimum Gasteiger partial charge on any atom is -0.489 e. The maximum absolute atomic E-state index is 5.97. The number of ether oxygens (including phenoxy) is 2. The number of nitrogens with zero attached hydrogens (tertiary/aromatic N) is 2. The van der Waals surface area contributed by atoms with Gasteiger partial charge in [0.05, 0.1) is 6.54 Å². The molecule has 0 saturated heterocycles. The van der Waals surface area contributed by atoms with Crippen LogP contribution in [0.3, 0.4) is 0 Å². The standard InChI is InChI=1S/C18H31ClN4O2/c1-15(25-17-8-5-7-16(19)13-17)14-22-18(20-2)21-9-11-23(3)10-6-12-24-4/h5,7-8,13,15H,6,9-12,14H2,1-4H3,(H2,20,21,22). The van der Waals surface area contributed by atoms with Gasteiger partial charge in [0, 0.05) is 45.4 Å². The maximum Gasteiger partial charge on any atom is 0.191 e. The number of halogens is 1. The van der Waals surface area contributed by atoms with Crippen molar-refractivity contribution < 1.29 is 9.47 Å². The van der Waals surface area contributed by atoms with Crippen LogP contribution < -0.4 is 15.4 Å². The van der Waals surface area contributed by atoms with E-state index < -0.39 is 0 Å². The average Bonchev–Trinajstić information content (AvgIpc) is 2.58. The lowest BCUT2D eigenvalue weighted by Crippen LogP contribution is -2.44. The third-order valence-electron chi connectivity index (χ3n) is 3.59. The average molecular weight is 371 g/mol. The second-order valence-corrected chi connectivity index (χ2v) is 6.35. The van der Waals surface area contributed by atoms with Crippen LogP contribution >= 0.6 is 11.6 Å². The first-order valence-corrected chi connectivity index (χ1v) is 8.97. The van der Waals surface area contributed by atoms with Crippen LogP contribution in [0.15, 0.2) is 29.3 Å². The van der Waals surface area contributed by atoms with Gasteiger partial charge in [-0.05, 0) is 38.6 Å². The molecule has 1 aromatic rings. The molecular formula is C18H31ClN4O2. The highest BCUT2D eigenvalue weighted by Crippen LogP contribution is 2.18. The Labute approximate surface area is 156 Å². The number of benzene rings is 1. The van der Waals surface area contributed by atoms with E-state index in [2.05, 4.69) is 27.6 Å². The molecule has 0 aliphatic carbocycles. The Balaban J connectivity index is 2.22. The van der Waals surface area contributed by atoms with E-state index in [1.807, 2.05) is 31.2 Å². The molecule has 1 unspecified atom stereocenters. The summed E-state index contributed by atoms with van der Waals surface area (Å²) in [6.07, 6.45) is 1.03. The highest BCUT2D eigenvalue weighted by atomic mass is 35.5. The van der Waals surface area contributed by atoms with Crippen molar-refractivity contribution in [3.63, 3.8) is 0 Å². The zero-order valence-electron chi connectivity index (χ0n) is 15.7. The van der Waals surface area contributed by atoms with E-state index in [9.17, 15) is 0 Å². The van der Waals surface area contributed by atoms with Crippen molar-refractivity contribution in [2.45, 2.75) is 19.4 Å². The molecule has 0 heterocycles. The Morgan fingerprint density at radius 2 is 2.12 bits per heavy atom. The lowest BCUT2D eigenvalue weighted by Gasteiger charge is -2.20. The molecule has 6 nitrogen and oxygen atoms in total. The first-order chi connectivity index (χ1) is 12.0. The zero-order valence-corrected chi connectivity index (χ0v) is 16.5. The number of hydrogen-bond acceptors (Lipinski definition) is 4. The molecule has 7 heteroatoms. The van der Waals surface area contributed by atoms with Crippen LogP contribution in [0.5, 0.6) is 5.75 Å². The van der Waals surface area contributed by atoms with Crippen molar-refractivity contribution in [3.8, 4) is 5.75 Å². The molecule has 1 rings (SSSR count). The summed E-state index contributed by atoms with van der Waals surface area (Å²) >= 11 is 5.97. The second kappa shape index (κ2) is 12.8. The molecule has 1 aromatic carbocycles. The molecule has 1 atom stereocenters. The van der Waals surface area contributed by atoms with E-state index in [0.717, 1.165) is 44.4 Å². The Bertz CT molecular complexity index is 514. The molecule has 0 spiro atoms. The molecule has 142 valence electrons. The van der Waals surface area contributed by atoms with Crippen LogP contribution in [-0.2, 0) is 4.74 Å². The number of likely N-dealkylation sites (N-methyl/N-ethyl adjacent to an activating group) is 1. The minimum absolute atomic E-state index is 0.00580. The van der Waals surface area contributed by atoms with Gasteiger partial charge in [0.2, 0.25) is 0 Å². The number of hydrogen-bond donors (Lipinski definition) is 2. The zero-order chi connectivity index (χ0) is 18.5. The lowest BCUT2D eigenvalue weighted by molar-refractivity contribution is 0.180. The molecule has 0 bridgehead atoms. The van der Waals surface area contributed by atoms with Crippen molar-refractivity contribution >= 4 is 17.6 Å². The molecule has 25 heavy (non-hydrogen) atoms. The molecule has 0 aliphatic heterocycles. The summed E-state index contributed by atoms with van der Waals surface area (Å²) in [6.45, 7) is 6.24. The molecule has 2 N–H and O–H groups in total. The van der Waals surface area contributed by atoms with Crippen LogP contribution in [0.25, 0.3) is 0 Å². The predicted molar refractivity (Wildman–Crippen MR) is 105 cm³/mol. The summed E-state index contributed by atoms with van der Waals surface area (Å²) in [7, 11) is 5.60. The van der Waals surface area contributed by atoms with E-state index >= 15 is 0 Å². The van der Waals surface area contributed by atoms with Crippen LogP contribution in [0.1, 0.15) is 13.3 Å². The monoisotopic (exact) mass is 370 g/mol. The van der Waals surface area contributed by atoms with Gasteiger partial charge in [-0.15, -0.1) is 0 Å². The van der Waals surface area contributed by atoms with Gasteiger partial charge in [-0.25, -0.2) is 0 Å². The summed E-state index contributed by atoms with van der Waals surface area (Å²) < 4.78 is 10.9. The number of aliphatic imine (C=N–C) groups is 1. The number of guanidine groups is 1. The molecule has 0 amide bonds. The topological polar surface area (TPSA) is 58.1 Å². The Morgan fingerprint density at radius 1 is 1.32 bits per heavy atom. The minimum atomic E-state index is -0.00580. The van der Waals surface area contributed by atoms with Crippen LogP contribution in [-0.4, -0.2) is 71.0 Å². The largest absolute Gasteiger partial charge is 0.489 e. The first kappa shape index (κ1) is 21.5. The maximum atomic E-state index is 5.97. The summed E-state index contributed by atoms with van der Waals surface area (Å²) in [5, 5.41) is 7.25. The van der Waals surface area contributed by atoms with Crippen LogP contribution in [0.4, 0.5) is 0 Å². The second-order valence-electron chi connectivity index (χ2n) is 5.92. The van der Waals surface area contributed by atoms with Gasteiger partial charge < -0.3 is 25.0 Å². The normalized spacial score (nSPS) is 13.0. The van der Waals surface area contributed by atoms with Crippen molar-refractivity contribution in [1.29, 1.82) is 0 Å². The van der Waals surface area contributed by atoms with Gasteiger partial charge in [0.1, 0.15) is 11.9 Å². The van der Waals surface area contributed by atoms with Crippen LogP contribution in [0.2, 0.25) is 5.02 Å². The van der Waals surface area contributed by atoms with Crippen molar-refractivity contribution in [1.82, 2.24) is 15.5 Å². The summed E-state index contributed by atoms with van der Waals surface area (Å²) in [5.74, 6) is 1.54. The molecular weight excluding hydrogens is 340 g/mol. The first-order valence-electron chi connectivity index (χ1n) is 8.59. The quantitative estimate of drug-likeness (QED) is 0.355.